The number of benzene rings is 1. The average molecular weight is 358 g/mol. The summed E-state index contributed by atoms with van der Waals surface area (Å²) in [6.45, 7) is 8.49. The second-order valence-electron chi connectivity index (χ2n) is 5.46. The third-order valence-electron chi connectivity index (χ3n) is 3.69. The predicted molar refractivity (Wildman–Crippen MR) is 97.3 cm³/mol. The minimum atomic E-state index is -0.100. The van der Waals surface area contributed by atoms with E-state index in [0.717, 1.165) is 39.1 Å². The molecule has 6 nitrogen and oxygen atoms in total. The van der Waals surface area contributed by atoms with Gasteiger partial charge in [-0.05, 0) is 32.0 Å². The largest absolute Gasteiger partial charge is 0.490 e. The molecule has 0 saturated carbocycles. The topological polar surface area (TPSA) is 62.8 Å². The number of para-hydroxylation sites is 2. The zero-order chi connectivity index (χ0) is 16.3. The Balaban J connectivity index is 0.00000288. The van der Waals surface area contributed by atoms with E-state index in [1.54, 1.807) is 0 Å². The summed E-state index contributed by atoms with van der Waals surface area (Å²) in [5.74, 6) is 1.17. The fourth-order valence-electron chi connectivity index (χ4n) is 2.50. The molecule has 1 aromatic rings. The lowest BCUT2D eigenvalue weighted by atomic mass is 10.3. The van der Waals surface area contributed by atoms with E-state index < -0.39 is 0 Å². The molecule has 1 fully saturated rings. The fraction of sp³-hybridized carbons (Fsp3) is 0.588. The lowest BCUT2D eigenvalue weighted by Crippen LogP contribution is -2.44. The quantitative estimate of drug-likeness (QED) is 0.652. The van der Waals surface area contributed by atoms with Gasteiger partial charge in [0, 0.05) is 32.7 Å². The van der Waals surface area contributed by atoms with Crippen LogP contribution in [0.5, 0.6) is 11.5 Å². The molecular weight excluding hydrogens is 330 g/mol. The summed E-state index contributed by atoms with van der Waals surface area (Å²) >= 11 is 0. The number of rotatable bonds is 9. The second-order valence-corrected chi connectivity index (χ2v) is 5.46. The molecule has 0 aromatic heterocycles. The van der Waals surface area contributed by atoms with Gasteiger partial charge in [0.25, 0.3) is 5.91 Å². The molecule has 1 amide bonds. The summed E-state index contributed by atoms with van der Waals surface area (Å²) in [5, 5.41) is 6.23. The Morgan fingerprint density at radius 1 is 1.21 bits per heavy atom. The summed E-state index contributed by atoms with van der Waals surface area (Å²) in [7, 11) is 0. The standard InChI is InChI=1S/C17H27N3O3.ClH/c1-2-22-15-6-3-4-7-16(15)23-14-17(21)19-8-5-11-20-12-9-18-10-13-20;/h3-4,6-7,18H,2,5,8-14H2,1H3,(H,19,21);1H. The zero-order valence-electron chi connectivity index (χ0n) is 14.3. The van der Waals surface area contributed by atoms with Crippen LogP contribution in [0, 0.1) is 0 Å². The van der Waals surface area contributed by atoms with E-state index >= 15 is 0 Å². The number of halogens is 1. The first-order chi connectivity index (χ1) is 11.3. The maximum Gasteiger partial charge on any atom is 0.257 e. The van der Waals surface area contributed by atoms with Gasteiger partial charge in [0.2, 0.25) is 0 Å². The number of amides is 1. The monoisotopic (exact) mass is 357 g/mol. The van der Waals surface area contributed by atoms with Gasteiger partial charge in [-0.2, -0.15) is 0 Å². The van der Waals surface area contributed by atoms with Crippen molar-refractivity contribution in [2.24, 2.45) is 0 Å². The number of carbonyl (C=O) groups excluding carboxylic acids is 1. The van der Waals surface area contributed by atoms with Crippen molar-refractivity contribution in [1.29, 1.82) is 0 Å². The summed E-state index contributed by atoms with van der Waals surface area (Å²) in [6.07, 6.45) is 0.960. The molecule has 1 heterocycles. The van der Waals surface area contributed by atoms with Crippen molar-refractivity contribution in [3.8, 4) is 11.5 Å². The Bertz CT molecular complexity index is 482. The maximum absolute atomic E-state index is 11.8. The first kappa shape index (κ1) is 20.5. The van der Waals surface area contributed by atoms with Crippen LogP contribution in [0.2, 0.25) is 0 Å². The van der Waals surface area contributed by atoms with Crippen LogP contribution >= 0.6 is 12.4 Å². The second kappa shape index (κ2) is 11.9. The van der Waals surface area contributed by atoms with Crippen LogP contribution in [-0.4, -0.2) is 63.3 Å². The lowest BCUT2D eigenvalue weighted by molar-refractivity contribution is -0.123. The van der Waals surface area contributed by atoms with E-state index in [4.69, 9.17) is 9.47 Å². The van der Waals surface area contributed by atoms with Gasteiger partial charge in [-0.15, -0.1) is 12.4 Å². The van der Waals surface area contributed by atoms with Crippen molar-refractivity contribution < 1.29 is 14.3 Å². The van der Waals surface area contributed by atoms with Crippen molar-refractivity contribution in [3.63, 3.8) is 0 Å². The molecule has 2 rings (SSSR count). The van der Waals surface area contributed by atoms with Crippen molar-refractivity contribution in [3.05, 3.63) is 24.3 Å². The van der Waals surface area contributed by atoms with Crippen molar-refractivity contribution in [2.75, 3.05) is 52.5 Å². The van der Waals surface area contributed by atoms with Crippen LogP contribution in [0.1, 0.15) is 13.3 Å². The van der Waals surface area contributed by atoms with E-state index in [2.05, 4.69) is 15.5 Å². The van der Waals surface area contributed by atoms with Crippen LogP contribution in [0.15, 0.2) is 24.3 Å². The summed E-state index contributed by atoms with van der Waals surface area (Å²) in [4.78, 5) is 14.3. The zero-order valence-corrected chi connectivity index (χ0v) is 15.1. The first-order valence-corrected chi connectivity index (χ1v) is 8.34. The fourth-order valence-corrected chi connectivity index (χ4v) is 2.50. The van der Waals surface area contributed by atoms with E-state index in [1.807, 2.05) is 31.2 Å². The minimum Gasteiger partial charge on any atom is -0.490 e. The molecule has 1 aliphatic rings. The van der Waals surface area contributed by atoms with Gasteiger partial charge in [0.05, 0.1) is 6.61 Å². The third kappa shape index (κ3) is 7.38. The van der Waals surface area contributed by atoms with Gasteiger partial charge >= 0.3 is 0 Å². The number of ether oxygens (including phenoxy) is 2. The molecule has 0 spiro atoms. The molecule has 1 aromatic carbocycles. The van der Waals surface area contributed by atoms with Crippen LogP contribution in [0.25, 0.3) is 0 Å². The number of nitrogens with zero attached hydrogens (tertiary/aromatic N) is 1. The van der Waals surface area contributed by atoms with E-state index in [1.165, 1.54) is 0 Å². The minimum absolute atomic E-state index is 0. The smallest absolute Gasteiger partial charge is 0.257 e. The summed E-state index contributed by atoms with van der Waals surface area (Å²) in [6, 6.07) is 7.39. The molecule has 0 atom stereocenters. The maximum atomic E-state index is 11.8. The Morgan fingerprint density at radius 3 is 2.54 bits per heavy atom. The Kier molecular flexibility index (Phi) is 10.2. The highest BCUT2D eigenvalue weighted by Crippen LogP contribution is 2.26. The Morgan fingerprint density at radius 2 is 1.88 bits per heavy atom. The molecule has 24 heavy (non-hydrogen) atoms. The van der Waals surface area contributed by atoms with E-state index in [-0.39, 0.29) is 24.9 Å². The van der Waals surface area contributed by atoms with Crippen LogP contribution < -0.4 is 20.1 Å². The number of piperazine rings is 1. The molecule has 7 heteroatoms. The Labute approximate surface area is 150 Å². The highest BCUT2D eigenvalue weighted by Gasteiger charge is 2.09. The van der Waals surface area contributed by atoms with Crippen molar-refractivity contribution in [2.45, 2.75) is 13.3 Å². The third-order valence-corrected chi connectivity index (χ3v) is 3.69. The van der Waals surface area contributed by atoms with Crippen molar-refractivity contribution >= 4 is 18.3 Å². The summed E-state index contributed by atoms with van der Waals surface area (Å²) < 4.78 is 11.0. The highest BCUT2D eigenvalue weighted by atomic mass is 35.5. The van der Waals surface area contributed by atoms with Gasteiger partial charge < -0.3 is 25.0 Å². The number of carbonyl (C=O) groups is 1. The first-order valence-electron chi connectivity index (χ1n) is 8.34. The van der Waals surface area contributed by atoms with Crippen LogP contribution in [0.3, 0.4) is 0 Å². The SMILES string of the molecule is CCOc1ccccc1OCC(=O)NCCCN1CCNCC1.Cl. The lowest BCUT2D eigenvalue weighted by Gasteiger charge is -2.27. The molecule has 0 unspecified atom stereocenters. The normalized spacial score (nSPS) is 14.5. The van der Waals surface area contributed by atoms with Gasteiger partial charge in [-0.1, -0.05) is 12.1 Å². The number of hydrogen-bond donors (Lipinski definition) is 2. The summed E-state index contributed by atoms with van der Waals surface area (Å²) in [5.41, 5.74) is 0. The van der Waals surface area contributed by atoms with E-state index in [0.29, 0.717) is 24.7 Å². The molecule has 136 valence electrons. The molecule has 0 bridgehead atoms. The predicted octanol–water partition coefficient (Wildman–Crippen LogP) is 1.30. The average Bonchev–Trinajstić information content (AvgIpc) is 2.59. The molecule has 0 aliphatic carbocycles. The van der Waals surface area contributed by atoms with Crippen LogP contribution in [-0.2, 0) is 4.79 Å². The molecular formula is C17H28ClN3O3. The van der Waals surface area contributed by atoms with Gasteiger partial charge in [0.15, 0.2) is 18.1 Å². The Hall–Kier alpha value is -1.50. The number of hydrogen-bond acceptors (Lipinski definition) is 5. The molecule has 0 radical (unpaired) electrons. The van der Waals surface area contributed by atoms with E-state index in [9.17, 15) is 4.79 Å². The van der Waals surface area contributed by atoms with Gasteiger partial charge in [-0.25, -0.2) is 0 Å². The van der Waals surface area contributed by atoms with Crippen molar-refractivity contribution in [1.82, 2.24) is 15.5 Å². The highest BCUT2D eigenvalue weighted by molar-refractivity contribution is 5.85. The van der Waals surface area contributed by atoms with Gasteiger partial charge in [0.1, 0.15) is 0 Å². The van der Waals surface area contributed by atoms with Gasteiger partial charge in [-0.3, -0.25) is 4.79 Å². The molecule has 1 saturated heterocycles. The van der Waals surface area contributed by atoms with Crippen LogP contribution in [0.4, 0.5) is 0 Å². The number of nitrogens with one attached hydrogen (secondary N) is 2. The molecule has 2 N–H and O–H groups in total. The molecule has 1 aliphatic heterocycles.